The minimum Gasteiger partial charge on any atom is -0.300 e. The maximum absolute atomic E-state index is 10.9. The van der Waals surface area contributed by atoms with Gasteiger partial charge in [-0.25, -0.2) is 0 Å². The van der Waals surface area contributed by atoms with Crippen LogP contribution in [-0.4, -0.2) is 28.8 Å². The Hall–Kier alpha value is -1.22. The van der Waals surface area contributed by atoms with Gasteiger partial charge in [0.15, 0.2) is 0 Å². The highest BCUT2D eigenvalue weighted by atomic mass is 16.1. The minimum absolute atomic E-state index is 0.273. The summed E-state index contributed by atoms with van der Waals surface area (Å²) in [5, 5.41) is 0. The standard InChI is InChI=1S/C14H22N2O/c1-4-16(10-6-8-13(3)17)11-14-9-5-7-12(2)15-14/h5,7,9H,4,6,8,10-11H2,1-3H3. The van der Waals surface area contributed by atoms with Gasteiger partial charge in [0.2, 0.25) is 0 Å². The molecule has 17 heavy (non-hydrogen) atoms. The number of nitrogens with zero attached hydrogens (tertiary/aromatic N) is 2. The molecule has 0 atom stereocenters. The lowest BCUT2D eigenvalue weighted by Gasteiger charge is -2.19. The van der Waals surface area contributed by atoms with E-state index in [1.54, 1.807) is 6.92 Å². The summed E-state index contributed by atoms with van der Waals surface area (Å²) in [6.45, 7) is 8.63. The lowest BCUT2D eigenvalue weighted by atomic mass is 10.2. The highest BCUT2D eigenvalue weighted by molar-refractivity contribution is 5.75. The number of ketones is 1. The van der Waals surface area contributed by atoms with E-state index < -0.39 is 0 Å². The van der Waals surface area contributed by atoms with E-state index in [9.17, 15) is 4.79 Å². The van der Waals surface area contributed by atoms with Crippen LogP contribution in [0.1, 0.15) is 38.1 Å². The normalized spacial score (nSPS) is 10.8. The first-order valence-corrected chi connectivity index (χ1v) is 6.26. The Balaban J connectivity index is 2.43. The highest BCUT2D eigenvalue weighted by Gasteiger charge is 2.05. The molecule has 3 heteroatoms. The van der Waals surface area contributed by atoms with E-state index in [0.29, 0.717) is 6.42 Å². The third kappa shape index (κ3) is 5.59. The zero-order valence-corrected chi connectivity index (χ0v) is 11.1. The van der Waals surface area contributed by atoms with Gasteiger partial charge >= 0.3 is 0 Å². The fourth-order valence-corrected chi connectivity index (χ4v) is 1.82. The molecule has 0 aromatic carbocycles. The minimum atomic E-state index is 0.273. The topological polar surface area (TPSA) is 33.2 Å². The number of rotatable bonds is 7. The van der Waals surface area contributed by atoms with Gasteiger partial charge in [-0.05, 0) is 45.5 Å². The molecular formula is C14H22N2O. The van der Waals surface area contributed by atoms with E-state index in [-0.39, 0.29) is 5.78 Å². The van der Waals surface area contributed by atoms with E-state index >= 15 is 0 Å². The molecule has 0 aliphatic rings. The molecular weight excluding hydrogens is 212 g/mol. The van der Waals surface area contributed by atoms with E-state index in [4.69, 9.17) is 0 Å². The van der Waals surface area contributed by atoms with Crippen molar-refractivity contribution in [3.05, 3.63) is 29.6 Å². The number of hydrogen-bond donors (Lipinski definition) is 0. The highest BCUT2D eigenvalue weighted by Crippen LogP contribution is 2.05. The first-order chi connectivity index (χ1) is 8.11. The first kappa shape index (κ1) is 13.8. The summed E-state index contributed by atoms with van der Waals surface area (Å²) in [7, 11) is 0. The number of pyridine rings is 1. The fourth-order valence-electron chi connectivity index (χ4n) is 1.82. The summed E-state index contributed by atoms with van der Waals surface area (Å²) in [6.07, 6.45) is 1.62. The third-order valence-corrected chi connectivity index (χ3v) is 2.78. The molecule has 94 valence electrons. The Kier molecular flexibility index (Phi) is 5.84. The van der Waals surface area contributed by atoms with Crippen LogP contribution in [0.4, 0.5) is 0 Å². The second-order valence-electron chi connectivity index (χ2n) is 4.44. The summed E-state index contributed by atoms with van der Waals surface area (Å²) in [5.41, 5.74) is 2.16. The number of Topliss-reactive ketones (excluding diaryl/α,β-unsaturated/α-hetero) is 1. The quantitative estimate of drug-likeness (QED) is 0.727. The average molecular weight is 234 g/mol. The number of hydrogen-bond acceptors (Lipinski definition) is 3. The van der Waals surface area contributed by atoms with Crippen molar-refractivity contribution < 1.29 is 4.79 Å². The van der Waals surface area contributed by atoms with Gasteiger partial charge in [-0.3, -0.25) is 9.88 Å². The van der Waals surface area contributed by atoms with Gasteiger partial charge in [-0.1, -0.05) is 13.0 Å². The van der Waals surface area contributed by atoms with E-state index in [1.807, 2.05) is 19.1 Å². The number of aromatic nitrogens is 1. The summed E-state index contributed by atoms with van der Waals surface area (Å²) in [4.78, 5) is 17.7. The van der Waals surface area contributed by atoms with Crippen LogP contribution in [-0.2, 0) is 11.3 Å². The van der Waals surface area contributed by atoms with Crippen molar-refractivity contribution in [3.63, 3.8) is 0 Å². The summed E-state index contributed by atoms with van der Waals surface area (Å²) < 4.78 is 0. The molecule has 0 N–H and O–H groups in total. The Labute approximate surface area is 104 Å². The van der Waals surface area contributed by atoms with Crippen LogP contribution in [0, 0.1) is 6.92 Å². The zero-order valence-electron chi connectivity index (χ0n) is 11.1. The molecule has 0 bridgehead atoms. The maximum atomic E-state index is 10.9. The Morgan fingerprint density at radius 3 is 2.76 bits per heavy atom. The number of carbonyl (C=O) groups excluding carboxylic acids is 1. The van der Waals surface area contributed by atoms with Gasteiger partial charge in [0, 0.05) is 18.7 Å². The van der Waals surface area contributed by atoms with Crippen LogP contribution in [0.5, 0.6) is 0 Å². The van der Waals surface area contributed by atoms with Crippen LogP contribution >= 0.6 is 0 Å². The first-order valence-electron chi connectivity index (χ1n) is 6.26. The summed E-state index contributed by atoms with van der Waals surface area (Å²) >= 11 is 0. The van der Waals surface area contributed by atoms with E-state index in [1.165, 1.54) is 0 Å². The van der Waals surface area contributed by atoms with E-state index in [2.05, 4.69) is 22.9 Å². The second-order valence-corrected chi connectivity index (χ2v) is 4.44. The molecule has 0 aliphatic carbocycles. The smallest absolute Gasteiger partial charge is 0.129 e. The Bertz CT molecular complexity index is 363. The van der Waals surface area contributed by atoms with Crippen molar-refractivity contribution in [1.29, 1.82) is 0 Å². The molecule has 0 radical (unpaired) electrons. The molecule has 1 rings (SSSR count). The van der Waals surface area contributed by atoms with Crippen molar-refractivity contribution >= 4 is 5.78 Å². The molecule has 0 saturated heterocycles. The third-order valence-electron chi connectivity index (χ3n) is 2.78. The summed E-state index contributed by atoms with van der Waals surface area (Å²) in [6, 6.07) is 6.11. The second kappa shape index (κ2) is 7.17. The van der Waals surface area contributed by atoms with Gasteiger partial charge in [0.05, 0.1) is 5.69 Å². The molecule has 0 aliphatic heterocycles. The molecule has 1 aromatic rings. The van der Waals surface area contributed by atoms with Gasteiger partial charge < -0.3 is 4.79 Å². The van der Waals surface area contributed by atoms with Crippen molar-refractivity contribution in [1.82, 2.24) is 9.88 Å². The zero-order chi connectivity index (χ0) is 12.7. The Morgan fingerprint density at radius 1 is 1.41 bits per heavy atom. The predicted molar refractivity (Wildman–Crippen MR) is 69.8 cm³/mol. The van der Waals surface area contributed by atoms with Crippen LogP contribution in [0.2, 0.25) is 0 Å². The van der Waals surface area contributed by atoms with Crippen molar-refractivity contribution in [2.75, 3.05) is 13.1 Å². The van der Waals surface area contributed by atoms with Crippen molar-refractivity contribution in [2.45, 2.75) is 40.2 Å². The van der Waals surface area contributed by atoms with Crippen molar-refractivity contribution in [2.24, 2.45) is 0 Å². The SMILES string of the molecule is CCN(CCCC(C)=O)Cc1cccc(C)n1. The van der Waals surface area contributed by atoms with Crippen LogP contribution in [0.3, 0.4) is 0 Å². The van der Waals surface area contributed by atoms with Crippen LogP contribution < -0.4 is 0 Å². The predicted octanol–water partition coefficient (Wildman–Crippen LogP) is 2.58. The molecule has 3 nitrogen and oxygen atoms in total. The van der Waals surface area contributed by atoms with Crippen LogP contribution in [0.15, 0.2) is 18.2 Å². The summed E-state index contributed by atoms with van der Waals surface area (Å²) in [5.74, 6) is 0.273. The number of aryl methyl sites for hydroxylation is 1. The molecule has 0 unspecified atom stereocenters. The van der Waals surface area contributed by atoms with Gasteiger partial charge in [-0.2, -0.15) is 0 Å². The number of carbonyl (C=O) groups is 1. The van der Waals surface area contributed by atoms with Crippen molar-refractivity contribution in [3.8, 4) is 0 Å². The molecule has 0 fully saturated rings. The Morgan fingerprint density at radius 2 is 2.18 bits per heavy atom. The maximum Gasteiger partial charge on any atom is 0.129 e. The fraction of sp³-hybridized carbons (Fsp3) is 0.571. The molecule has 0 amide bonds. The largest absolute Gasteiger partial charge is 0.300 e. The molecule has 1 aromatic heterocycles. The molecule has 0 spiro atoms. The molecule has 0 saturated carbocycles. The lowest BCUT2D eigenvalue weighted by Crippen LogP contribution is -2.25. The average Bonchev–Trinajstić information content (AvgIpc) is 2.27. The van der Waals surface area contributed by atoms with Gasteiger partial charge in [0.25, 0.3) is 0 Å². The van der Waals surface area contributed by atoms with Gasteiger partial charge in [0.1, 0.15) is 5.78 Å². The van der Waals surface area contributed by atoms with Gasteiger partial charge in [-0.15, -0.1) is 0 Å². The monoisotopic (exact) mass is 234 g/mol. The van der Waals surface area contributed by atoms with Crippen LogP contribution in [0.25, 0.3) is 0 Å². The lowest BCUT2D eigenvalue weighted by molar-refractivity contribution is -0.117. The van der Waals surface area contributed by atoms with E-state index in [0.717, 1.165) is 37.4 Å². The molecule has 1 heterocycles.